The van der Waals surface area contributed by atoms with E-state index in [1.807, 2.05) is 0 Å². The average molecular weight is 301 g/mol. The second-order valence-electron chi connectivity index (χ2n) is 9.16. The lowest BCUT2D eigenvalue weighted by Crippen LogP contribution is -2.64. The minimum Gasteiger partial charge on any atom is -0.393 e. The summed E-state index contributed by atoms with van der Waals surface area (Å²) in [6, 6.07) is 0. The molecule has 120 valence electrons. The normalized spacial score (nSPS) is 28.2. The van der Waals surface area contributed by atoms with Crippen LogP contribution in [0.25, 0.3) is 0 Å². The van der Waals surface area contributed by atoms with Gasteiger partial charge in [0.1, 0.15) is 0 Å². The van der Waals surface area contributed by atoms with E-state index in [4.69, 9.17) is 8.85 Å². The fraction of sp³-hybridized carbons (Fsp3) is 1.00. The van der Waals surface area contributed by atoms with E-state index in [1.165, 1.54) is 0 Å². The molecular weight excluding hydrogens is 264 g/mol. The van der Waals surface area contributed by atoms with Crippen molar-refractivity contribution >= 4 is 8.56 Å². The lowest BCUT2D eigenvalue weighted by atomic mass is 9.85. The molecule has 0 aromatic heterocycles. The zero-order chi connectivity index (χ0) is 15.9. The molecule has 0 N–H and O–H groups in total. The van der Waals surface area contributed by atoms with Crippen LogP contribution in [-0.4, -0.2) is 21.3 Å². The van der Waals surface area contributed by atoms with Crippen LogP contribution < -0.4 is 0 Å². The summed E-state index contributed by atoms with van der Waals surface area (Å²) in [7, 11) is -2.30. The van der Waals surface area contributed by atoms with Crippen LogP contribution in [0.4, 0.5) is 0 Å². The van der Waals surface area contributed by atoms with Gasteiger partial charge in [-0.05, 0) is 11.8 Å². The summed E-state index contributed by atoms with van der Waals surface area (Å²) in [4.78, 5) is 0. The third-order valence-corrected chi connectivity index (χ3v) is 9.82. The maximum absolute atomic E-state index is 6.85. The van der Waals surface area contributed by atoms with Gasteiger partial charge < -0.3 is 8.85 Å². The van der Waals surface area contributed by atoms with Crippen LogP contribution >= 0.6 is 0 Å². The molecule has 0 amide bonds. The van der Waals surface area contributed by atoms with Crippen LogP contribution in [0.5, 0.6) is 0 Å². The zero-order valence-electron chi connectivity index (χ0n) is 15.3. The highest BCUT2D eigenvalue weighted by Crippen LogP contribution is 2.55. The predicted octanol–water partition coefficient (Wildman–Crippen LogP) is 5.37. The van der Waals surface area contributed by atoms with Crippen molar-refractivity contribution in [2.75, 3.05) is 6.61 Å². The molecule has 0 spiro atoms. The van der Waals surface area contributed by atoms with E-state index in [-0.39, 0.29) is 10.1 Å². The molecule has 0 aromatic carbocycles. The smallest absolute Gasteiger partial charge is 0.349 e. The molecule has 0 unspecified atom stereocenters. The van der Waals surface area contributed by atoms with E-state index in [0.29, 0.717) is 23.9 Å². The molecule has 1 saturated heterocycles. The molecule has 1 heterocycles. The Bertz CT molecular complexity index is 309. The van der Waals surface area contributed by atoms with Crippen LogP contribution in [0.1, 0.15) is 69.2 Å². The minimum absolute atomic E-state index is 0.0837. The second-order valence-corrected chi connectivity index (χ2v) is 13.9. The van der Waals surface area contributed by atoms with Crippen molar-refractivity contribution in [1.82, 2.24) is 0 Å². The first kappa shape index (κ1) is 18.2. The maximum atomic E-state index is 6.85. The lowest BCUT2D eigenvalue weighted by Gasteiger charge is -2.56. The van der Waals surface area contributed by atoms with Gasteiger partial charge in [-0.15, -0.1) is 0 Å². The van der Waals surface area contributed by atoms with Gasteiger partial charge in [0.05, 0.1) is 6.10 Å². The van der Waals surface area contributed by atoms with Gasteiger partial charge in [0, 0.05) is 22.6 Å². The van der Waals surface area contributed by atoms with Gasteiger partial charge in [-0.3, -0.25) is 0 Å². The highest BCUT2D eigenvalue weighted by molar-refractivity contribution is 6.73. The van der Waals surface area contributed by atoms with Crippen molar-refractivity contribution in [2.24, 2.45) is 17.8 Å². The average Bonchev–Trinajstić information content (AvgIpc) is 2.24. The van der Waals surface area contributed by atoms with Crippen LogP contribution in [0.15, 0.2) is 0 Å². The summed E-state index contributed by atoms with van der Waals surface area (Å²) in [6.45, 7) is 23.7. The SMILES string of the molecule is CC(C)[C@H]1O[Si](C(C)(C)C)(C(C)(C)C)OC[C@H]1C(C)C. The van der Waals surface area contributed by atoms with Crippen molar-refractivity contribution in [3.05, 3.63) is 0 Å². The first-order valence-electron chi connectivity index (χ1n) is 8.15. The van der Waals surface area contributed by atoms with E-state index < -0.39 is 8.56 Å². The standard InChI is InChI=1S/C17H36O2Si/c1-12(2)14-11-18-20(16(5,6)7,17(8,9)10)19-15(14)13(3)4/h12-15H,11H2,1-10H3/t14-,15+/m0/s1. The molecule has 1 rings (SSSR count). The Kier molecular flexibility index (Phi) is 5.21. The van der Waals surface area contributed by atoms with Gasteiger partial charge in [0.15, 0.2) is 0 Å². The third kappa shape index (κ3) is 3.15. The van der Waals surface area contributed by atoms with Crippen molar-refractivity contribution in [2.45, 2.75) is 85.4 Å². The Morgan fingerprint density at radius 1 is 0.850 bits per heavy atom. The fourth-order valence-electron chi connectivity index (χ4n) is 3.74. The first-order valence-corrected chi connectivity index (χ1v) is 9.97. The Morgan fingerprint density at radius 2 is 1.30 bits per heavy atom. The molecule has 3 heteroatoms. The number of hydrogen-bond donors (Lipinski definition) is 0. The summed E-state index contributed by atoms with van der Waals surface area (Å²) in [5.41, 5.74) is 0. The molecular formula is C17H36O2Si. The topological polar surface area (TPSA) is 18.5 Å². The van der Waals surface area contributed by atoms with Crippen LogP contribution in [0.3, 0.4) is 0 Å². The largest absolute Gasteiger partial charge is 0.393 e. The Hall–Kier alpha value is 0.137. The minimum atomic E-state index is -2.30. The fourth-order valence-corrected chi connectivity index (χ4v) is 8.88. The van der Waals surface area contributed by atoms with E-state index in [0.717, 1.165) is 6.61 Å². The summed E-state index contributed by atoms with van der Waals surface area (Å²) in [6.07, 6.45) is 0.328. The first-order chi connectivity index (χ1) is 8.83. The Labute approximate surface area is 127 Å². The van der Waals surface area contributed by atoms with Crippen LogP contribution in [-0.2, 0) is 8.85 Å². The summed E-state index contributed by atoms with van der Waals surface area (Å²) in [5.74, 6) is 1.66. The zero-order valence-corrected chi connectivity index (χ0v) is 16.3. The number of rotatable bonds is 2. The lowest BCUT2D eigenvalue weighted by molar-refractivity contribution is -0.0612. The molecule has 1 fully saturated rings. The molecule has 20 heavy (non-hydrogen) atoms. The van der Waals surface area contributed by atoms with Gasteiger partial charge in [-0.1, -0.05) is 69.2 Å². The Morgan fingerprint density at radius 3 is 1.60 bits per heavy atom. The van der Waals surface area contributed by atoms with Gasteiger partial charge in [0.2, 0.25) is 0 Å². The van der Waals surface area contributed by atoms with Gasteiger partial charge in [-0.2, -0.15) is 0 Å². The van der Waals surface area contributed by atoms with Gasteiger partial charge >= 0.3 is 8.56 Å². The van der Waals surface area contributed by atoms with Crippen LogP contribution in [0.2, 0.25) is 10.1 Å². The van der Waals surface area contributed by atoms with Crippen LogP contribution in [0, 0.1) is 17.8 Å². The molecule has 0 radical (unpaired) electrons. The maximum Gasteiger partial charge on any atom is 0.349 e. The summed E-state index contributed by atoms with van der Waals surface area (Å²) >= 11 is 0. The van der Waals surface area contributed by atoms with Gasteiger partial charge in [0.25, 0.3) is 0 Å². The van der Waals surface area contributed by atoms with Crippen molar-refractivity contribution in [3.63, 3.8) is 0 Å². The number of hydrogen-bond acceptors (Lipinski definition) is 2. The molecule has 0 saturated carbocycles. The monoisotopic (exact) mass is 300 g/mol. The third-order valence-electron chi connectivity index (χ3n) is 4.69. The molecule has 1 aliphatic rings. The molecule has 2 nitrogen and oxygen atoms in total. The van der Waals surface area contributed by atoms with E-state index in [2.05, 4.69) is 69.2 Å². The second kappa shape index (κ2) is 5.73. The van der Waals surface area contributed by atoms with E-state index in [1.54, 1.807) is 0 Å². The quantitative estimate of drug-likeness (QED) is 0.638. The summed E-state index contributed by atoms with van der Waals surface area (Å²) in [5, 5.41) is 0.167. The highest BCUT2D eigenvalue weighted by atomic mass is 28.4. The molecule has 0 aliphatic carbocycles. The highest BCUT2D eigenvalue weighted by Gasteiger charge is 2.62. The van der Waals surface area contributed by atoms with Crippen molar-refractivity contribution in [3.8, 4) is 0 Å². The summed E-state index contributed by atoms with van der Waals surface area (Å²) < 4.78 is 13.4. The molecule has 1 aliphatic heterocycles. The van der Waals surface area contributed by atoms with Gasteiger partial charge in [-0.25, -0.2) is 0 Å². The van der Waals surface area contributed by atoms with Crippen molar-refractivity contribution in [1.29, 1.82) is 0 Å². The van der Waals surface area contributed by atoms with E-state index in [9.17, 15) is 0 Å². The molecule has 0 bridgehead atoms. The molecule has 0 aromatic rings. The Balaban J connectivity index is 3.20. The molecule has 2 atom stereocenters. The predicted molar refractivity (Wildman–Crippen MR) is 89.2 cm³/mol. The van der Waals surface area contributed by atoms with E-state index >= 15 is 0 Å². The van der Waals surface area contributed by atoms with Crippen molar-refractivity contribution < 1.29 is 8.85 Å².